The summed E-state index contributed by atoms with van der Waals surface area (Å²) in [7, 11) is 0. The Labute approximate surface area is 124 Å². The molecule has 0 saturated heterocycles. The van der Waals surface area contributed by atoms with Gasteiger partial charge in [-0.1, -0.05) is 20.8 Å². The molecular formula is C14H26BrN3O. The summed E-state index contributed by atoms with van der Waals surface area (Å²) in [5, 5.41) is 17.7. The molecule has 5 heteroatoms. The first-order valence-corrected chi connectivity index (χ1v) is 7.96. The number of halogens is 1. The summed E-state index contributed by atoms with van der Waals surface area (Å²) in [5.74, 6) is 0. The lowest BCUT2D eigenvalue weighted by atomic mass is 9.94. The second-order valence-electron chi connectivity index (χ2n) is 4.88. The predicted molar refractivity (Wildman–Crippen MR) is 82.2 cm³/mol. The SMILES string of the molecule is CCc1nn(CC)c(CNC(CC)(CC)CO)c1Br. The van der Waals surface area contributed by atoms with Gasteiger partial charge in [-0.25, -0.2) is 0 Å². The summed E-state index contributed by atoms with van der Waals surface area (Å²) in [6, 6.07) is 0. The fourth-order valence-corrected chi connectivity index (χ4v) is 2.94. The highest BCUT2D eigenvalue weighted by Gasteiger charge is 2.25. The van der Waals surface area contributed by atoms with E-state index in [1.807, 2.05) is 4.68 Å². The van der Waals surface area contributed by atoms with E-state index in [1.165, 1.54) is 5.69 Å². The second kappa shape index (κ2) is 7.41. The molecule has 110 valence electrons. The minimum absolute atomic E-state index is 0.165. The number of aromatic nitrogens is 2. The van der Waals surface area contributed by atoms with Crippen LogP contribution in [0.25, 0.3) is 0 Å². The first-order valence-electron chi connectivity index (χ1n) is 7.17. The van der Waals surface area contributed by atoms with Gasteiger partial charge in [-0.05, 0) is 42.1 Å². The third-order valence-electron chi connectivity index (χ3n) is 3.98. The van der Waals surface area contributed by atoms with E-state index in [4.69, 9.17) is 0 Å². The third kappa shape index (κ3) is 3.58. The normalized spacial score (nSPS) is 12.1. The van der Waals surface area contributed by atoms with Gasteiger partial charge in [0, 0.05) is 18.6 Å². The summed E-state index contributed by atoms with van der Waals surface area (Å²) < 4.78 is 3.13. The van der Waals surface area contributed by atoms with Crippen molar-refractivity contribution in [2.24, 2.45) is 0 Å². The molecule has 2 N–H and O–H groups in total. The van der Waals surface area contributed by atoms with Crippen molar-refractivity contribution >= 4 is 15.9 Å². The smallest absolute Gasteiger partial charge is 0.0767 e. The minimum atomic E-state index is -0.186. The van der Waals surface area contributed by atoms with E-state index < -0.39 is 0 Å². The van der Waals surface area contributed by atoms with Crippen molar-refractivity contribution in [1.29, 1.82) is 0 Å². The van der Waals surface area contributed by atoms with Gasteiger partial charge in [-0.2, -0.15) is 5.10 Å². The van der Waals surface area contributed by atoms with E-state index in [0.29, 0.717) is 0 Å². The number of aliphatic hydroxyl groups excluding tert-OH is 1. The van der Waals surface area contributed by atoms with Gasteiger partial charge >= 0.3 is 0 Å². The van der Waals surface area contributed by atoms with Gasteiger partial charge < -0.3 is 10.4 Å². The zero-order valence-corrected chi connectivity index (χ0v) is 14.0. The van der Waals surface area contributed by atoms with Crippen LogP contribution >= 0.6 is 15.9 Å². The highest BCUT2D eigenvalue weighted by atomic mass is 79.9. The largest absolute Gasteiger partial charge is 0.394 e. The molecule has 1 aromatic rings. The van der Waals surface area contributed by atoms with Crippen LogP contribution in [0.15, 0.2) is 4.47 Å². The van der Waals surface area contributed by atoms with Crippen LogP contribution in [0.4, 0.5) is 0 Å². The Morgan fingerprint density at radius 1 is 1.26 bits per heavy atom. The van der Waals surface area contributed by atoms with E-state index in [2.05, 4.69) is 54.0 Å². The van der Waals surface area contributed by atoms with E-state index in [-0.39, 0.29) is 12.1 Å². The molecule has 1 rings (SSSR count). The molecular weight excluding hydrogens is 306 g/mol. The fraction of sp³-hybridized carbons (Fsp3) is 0.786. The molecule has 19 heavy (non-hydrogen) atoms. The monoisotopic (exact) mass is 331 g/mol. The van der Waals surface area contributed by atoms with Crippen LogP contribution in [0.2, 0.25) is 0 Å². The maximum atomic E-state index is 9.61. The number of nitrogens with zero attached hydrogens (tertiary/aromatic N) is 2. The third-order valence-corrected chi connectivity index (χ3v) is 4.90. The lowest BCUT2D eigenvalue weighted by Crippen LogP contribution is -2.47. The molecule has 0 spiro atoms. The quantitative estimate of drug-likeness (QED) is 0.770. The molecule has 0 amide bonds. The number of rotatable bonds is 8. The molecule has 0 aromatic carbocycles. The Bertz CT molecular complexity index is 391. The Kier molecular flexibility index (Phi) is 6.50. The van der Waals surface area contributed by atoms with Crippen molar-refractivity contribution in [2.45, 2.75) is 65.6 Å². The number of aliphatic hydroxyl groups is 1. The molecule has 0 aliphatic heterocycles. The first kappa shape index (κ1) is 16.7. The molecule has 0 aliphatic rings. The summed E-state index contributed by atoms with van der Waals surface area (Å²) in [4.78, 5) is 0. The van der Waals surface area contributed by atoms with E-state index in [1.54, 1.807) is 0 Å². The second-order valence-corrected chi connectivity index (χ2v) is 5.67. The van der Waals surface area contributed by atoms with Crippen LogP contribution in [0.5, 0.6) is 0 Å². The van der Waals surface area contributed by atoms with Crippen molar-refractivity contribution in [3.8, 4) is 0 Å². The molecule has 0 saturated carbocycles. The number of nitrogens with one attached hydrogen (secondary N) is 1. The fourth-order valence-electron chi connectivity index (χ4n) is 2.24. The summed E-state index contributed by atoms with van der Waals surface area (Å²) in [5.41, 5.74) is 2.08. The maximum Gasteiger partial charge on any atom is 0.0767 e. The van der Waals surface area contributed by atoms with Gasteiger partial charge in [-0.15, -0.1) is 0 Å². The van der Waals surface area contributed by atoms with Gasteiger partial charge in [-0.3, -0.25) is 4.68 Å². The van der Waals surface area contributed by atoms with Crippen LogP contribution < -0.4 is 5.32 Å². The van der Waals surface area contributed by atoms with Crippen LogP contribution in [0, 0.1) is 0 Å². The highest BCUT2D eigenvalue weighted by molar-refractivity contribution is 9.10. The van der Waals surface area contributed by atoms with Gasteiger partial charge in [0.25, 0.3) is 0 Å². The molecule has 0 bridgehead atoms. The lowest BCUT2D eigenvalue weighted by Gasteiger charge is -2.31. The molecule has 0 fully saturated rings. The van der Waals surface area contributed by atoms with Gasteiger partial charge in [0.1, 0.15) is 0 Å². The maximum absolute atomic E-state index is 9.61. The molecule has 1 heterocycles. The molecule has 0 unspecified atom stereocenters. The Morgan fingerprint density at radius 3 is 2.32 bits per heavy atom. The molecule has 0 radical (unpaired) electrons. The average Bonchev–Trinajstić information content (AvgIpc) is 2.77. The highest BCUT2D eigenvalue weighted by Crippen LogP contribution is 2.24. The van der Waals surface area contributed by atoms with Crippen LogP contribution in [-0.4, -0.2) is 27.0 Å². The van der Waals surface area contributed by atoms with Crippen molar-refractivity contribution in [3.05, 3.63) is 15.9 Å². The van der Waals surface area contributed by atoms with Gasteiger partial charge in [0.05, 0.1) is 22.5 Å². The number of hydrogen-bond acceptors (Lipinski definition) is 3. The van der Waals surface area contributed by atoms with Crippen molar-refractivity contribution < 1.29 is 5.11 Å². The molecule has 1 aromatic heterocycles. The van der Waals surface area contributed by atoms with Crippen molar-refractivity contribution in [3.63, 3.8) is 0 Å². The Morgan fingerprint density at radius 2 is 1.89 bits per heavy atom. The van der Waals surface area contributed by atoms with Crippen LogP contribution in [-0.2, 0) is 19.5 Å². The summed E-state index contributed by atoms with van der Waals surface area (Å²) in [6.45, 7) is 10.2. The zero-order chi connectivity index (χ0) is 14.5. The van der Waals surface area contributed by atoms with Crippen molar-refractivity contribution in [1.82, 2.24) is 15.1 Å². The first-order chi connectivity index (χ1) is 9.07. The average molecular weight is 332 g/mol. The zero-order valence-electron chi connectivity index (χ0n) is 12.5. The van der Waals surface area contributed by atoms with E-state index >= 15 is 0 Å². The summed E-state index contributed by atoms with van der Waals surface area (Å²) in [6.07, 6.45) is 2.75. The number of hydrogen-bond donors (Lipinski definition) is 2. The predicted octanol–water partition coefficient (Wildman–Crippen LogP) is 2.87. The van der Waals surface area contributed by atoms with E-state index in [9.17, 15) is 5.11 Å². The van der Waals surface area contributed by atoms with Crippen LogP contribution in [0.1, 0.15) is 51.9 Å². The molecule has 0 aliphatic carbocycles. The lowest BCUT2D eigenvalue weighted by molar-refractivity contribution is 0.148. The Balaban J connectivity index is 2.90. The minimum Gasteiger partial charge on any atom is -0.394 e. The van der Waals surface area contributed by atoms with Gasteiger partial charge in [0.15, 0.2) is 0 Å². The molecule has 4 nitrogen and oxygen atoms in total. The van der Waals surface area contributed by atoms with Crippen LogP contribution in [0.3, 0.4) is 0 Å². The van der Waals surface area contributed by atoms with E-state index in [0.717, 1.165) is 42.5 Å². The van der Waals surface area contributed by atoms with Crippen molar-refractivity contribution in [2.75, 3.05) is 6.61 Å². The van der Waals surface area contributed by atoms with Gasteiger partial charge in [0.2, 0.25) is 0 Å². The topological polar surface area (TPSA) is 50.1 Å². The number of aryl methyl sites for hydroxylation is 2. The molecule has 0 atom stereocenters. The Hall–Kier alpha value is -0.390. The standard InChI is InChI=1S/C14H26BrN3O/c1-5-11-13(15)12(18(8-4)17-11)9-16-14(6-2,7-3)10-19/h16,19H,5-10H2,1-4H3. The summed E-state index contributed by atoms with van der Waals surface area (Å²) >= 11 is 3.65.